The lowest BCUT2D eigenvalue weighted by Crippen LogP contribution is -2.41. The summed E-state index contributed by atoms with van der Waals surface area (Å²) in [5.41, 5.74) is 1.11. The molecule has 28 heavy (non-hydrogen) atoms. The van der Waals surface area contributed by atoms with Gasteiger partial charge in [0.05, 0.1) is 6.54 Å². The second-order valence-corrected chi connectivity index (χ2v) is 6.95. The fraction of sp³-hybridized carbons (Fsp3) is 0.273. The molecule has 3 rings (SSSR count). The SMILES string of the molecule is CN(C)C(CNC(=O)c1ccc(Cn2ccccc2=O)o1)Cc1ccccc1. The number of hydrogen-bond acceptors (Lipinski definition) is 4. The zero-order chi connectivity index (χ0) is 19.9. The van der Waals surface area contributed by atoms with E-state index in [1.165, 1.54) is 16.2 Å². The summed E-state index contributed by atoms with van der Waals surface area (Å²) in [6.07, 6.45) is 2.53. The molecule has 3 aromatic rings. The van der Waals surface area contributed by atoms with Crippen molar-refractivity contribution in [3.8, 4) is 0 Å². The van der Waals surface area contributed by atoms with Crippen molar-refractivity contribution in [3.63, 3.8) is 0 Å². The Balaban J connectivity index is 1.59. The van der Waals surface area contributed by atoms with Crippen LogP contribution in [0.3, 0.4) is 0 Å². The van der Waals surface area contributed by atoms with E-state index in [4.69, 9.17) is 4.42 Å². The second kappa shape index (κ2) is 9.19. The van der Waals surface area contributed by atoms with Crippen molar-refractivity contribution in [2.24, 2.45) is 0 Å². The Hall–Kier alpha value is -3.12. The van der Waals surface area contributed by atoms with E-state index in [0.29, 0.717) is 18.8 Å². The average Bonchev–Trinajstić information content (AvgIpc) is 3.16. The number of furan rings is 1. The molecular weight excluding hydrogens is 354 g/mol. The second-order valence-electron chi connectivity index (χ2n) is 6.95. The Kier molecular flexibility index (Phi) is 6.45. The van der Waals surface area contributed by atoms with Crippen LogP contribution in [-0.2, 0) is 13.0 Å². The molecule has 1 atom stereocenters. The molecule has 0 bridgehead atoms. The summed E-state index contributed by atoms with van der Waals surface area (Å²) in [5, 5.41) is 2.95. The third-order valence-corrected chi connectivity index (χ3v) is 4.65. The molecule has 1 unspecified atom stereocenters. The maximum atomic E-state index is 12.5. The molecular formula is C22H25N3O3. The number of nitrogens with zero attached hydrogens (tertiary/aromatic N) is 2. The highest BCUT2D eigenvalue weighted by Gasteiger charge is 2.16. The largest absolute Gasteiger partial charge is 0.454 e. The first-order chi connectivity index (χ1) is 13.5. The van der Waals surface area contributed by atoms with E-state index in [2.05, 4.69) is 22.3 Å². The fourth-order valence-corrected chi connectivity index (χ4v) is 2.97. The molecule has 1 aromatic carbocycles. The van der Waals surface area contributed by atoms with E-state index in [9.17, 15) is 9.59 Å². The van der Waals surface area contributed by atoms with E-state index >= 15 is 0 Å². The van der Waals surface area contributed by atoms with Gasteiger partial charge in [0.2, 0.25) is 0 Å². The van der Waals surface area contributed by atoms with Crippen LogP contribution in [0.25, 0.3) is 0 Å². The number of aromatic nitrogens is 1. The topological polar surface area (TPSA) is 67.5 Å². The molecule has 0 aliphatic carbocycles. The number of amides is 1. The van der Waals surface area contributed by atoms with Crippen molar-refractivity contribution < 1.29 is 9.21 Å². The van der Waals surface area contributed by atoms with Crippen LogP contribution in [-0.4, -0.2) is 42.1 Å². The lowest BCUT2D eigenvalue weighted by molar-refractivity contribution is 0.0912. The minimum absolute atomic E-state index is 0.111. The Morgan fingerprint density at radius 3 is 2.54 bits per heavy atom. The first-order valence-electron chi connectivity index (χ1n) is 9.25. The van der Waals surface area contributed by atoms with Gasteiger partial charge in [-0.2, -0.15) is 0 Å². The van der Waals surface area contributed by atoms with Gasteiger partial charge >= 0.3 is 0 Å². The number of carbonyl (C=O) groups is 1. The van der Waals surface area contributed by atoms with Crippen molar-refractivity contribution in [1.29, 1.82) is 0 Å². The van der Waals surface area contributed by atoms with Gasteiger partial charge in [0.15, 0.2) is 5.76 Å². The first kappa shape index (κ1) is 19.6. The zero-order valence-electron chi connectivity index (χ0n) is 16.2. The van der Waals surface area contributed by atoms with Gasteiger partial charge in [-0.25, -0.2) is 0 Å². The predicted molar refractivity (Wildman–Crippen MR) is 108 cm³/mol. The van der Waals surface area contributed by atoms with Crippen LogP contribution >= 0.6 is 0 Å². The molecule has 0 fully saturated rings. The maximum absolute atomic E-state index is 12.5. The van der Waals surface area contributed by atoms with Gasteiger partial charge in [-0.3, -0.25) is 9.59 Å². The molecule has 2 aromatic heterocycles. The van der Waals surface area contributed by atoms with Crippen LogP contribution in [0.2, 0.25) is 0 Å². The van der Waals surface area contributed by atoms with E-state index in [1.807, 2.05) is 32.3 Å². The first-order valence-corrected chi connectivity index (χ1v) is 9.25. The van der Waals surface area contributed by atoms with E-state index < -0.39 is 0 Å². The Morgan fingerprint density at radius 1 is 1.07 bits per heavy atom. The fourth-order valence-electron chi connectivity index (χ4n) is 2.97. The van der Waals surface area contributed by atoms with Crippen LogP contribution in [0.4, 0.5) is 0 Å². The molecule has 146 valence electrons. The van der Waals surface area contributed by atoms with Crippen LogP contribution < -0.4 is 10.9 Å². The van der Waals surface area contributed by atoms with Crippen LogP contribution in [0, 0.1) is 0 Å². The van der Waals surface area contributed by atoms with Gasteiger partial charge in [0.25, 0.3) is 11.5 Å². The molecule has 0 spiro atoms. The molecule has 0 aliphatic rings. The quantitative estimate of drug-likeness (QED) is 0.653. The van der Waals surface area contributed by atoms with Crippen molar-refractivity contribution >= 4 is 5.91 Å². The smallest absolute Gasteiger partial charge is 0.287 e. The zero-order valence-corrected chi connectivity index (χ0v) is 16.2. The number of pyridine rings is 1. The number of carbonyl (C=O) groups excluding carboxylic acids is 1. The standard InChI is InChI=1S/C22H25N3O3/c1-24(2)18(14-17-8-4-3-5-9-17)15-23-22(27)20-12-11-19(28-20)16-25-13-7-6-10-21(25)26/h3-13,18H,14-16H2,1-2H3,(H,23,27). The predicted octanol–water partition coefficient (Wildman–Crippen LogP) is 2.39. The summed E-state index contributed by atoms with van der Waals surface area (Å²) in [5.74, 6) is 0.551. The van der Waals surface area contributed by atoms with Gasteiger partial charge in [-0.05, 0) is 44.3 Å². The third kappa shape index (κ3) is 5.20. The van der Waals surface area contributed by atoms with Crippen molar-refractivity contribution in [2.45, 2.75) is 19.0 Å². The Morgan fingerprint density at radius 2 is 1.82 bits per heavy atom. The molecule has 0 saturated heterocycles. The van der Waals surface area contributed by atoms with E-state index in [1.54, 1.807) is 30.5 Å². The molecule has 0 aliphatic heterocycles. The summed E-state index contributed by atoms with van der Waals surface area (Å²) in [6.45, 7) is 0.802. The number of nitrogens with one attached hydrogen (secondary N) is 1. The van der Waals surface area contributed by atoms with Gasteiger partial charge in [-0.15, -0.1) is 0 Å². The highest BCUT2D eigenvalue weighted by Crippen LogP contribution is 2.10. The molecule has 2 heterocycles. The number of benzene rings is 1. The minimum Gasteiger partial charge on any atom is -0.454 e. The normalized spacial score (nSPS) is 12.1. The van der Waals surface area contributed by atoms with Crippen LogP contribution in [0.1, 0.15) is 21.9 Å². The highest BCUT2D eigenvalue weighted by atomic mass is 16.4. The number of likely N-dealkylation sites (N-methyl/N-ethyl adjacent to an activating group) is 1. The lowest BCUT2D eigenvalue weighted by atomic mass is 10.1. The number of rotatable bonds is 8. The van der Waals surface area contributed by atoms with Gasteiger partial charge in [0.1, 0.15) is 5.76 Å². The van der Waals surface area contributed by atoms with Gasteiger partial charge < -0.3 is 19.2 Å². The van der Waals surface area contributed by atoms with E-state index in [0.717, 1.165) is 6.42 Å². The molecule has 6 nitrogen and oxygen atoms in total. The van der Waals surface area contributed by atoms with Crippen LogP contribution in [0.5, 0.6) is 0 Å². The van der Waals surface area contributed by atoms with Crippen molar-refractivity contribution in [2.75, 3.05) is 20.6 Å². The summed E-state index contributed by atoms with van der Waals surface area (Å²) in [6, 6.07) is 18.7. The van der Waals surface area contributed by atoms with E-state index in [-0.39, 0.29) is 23.3 Å². The summed E-state index contributed by atoms with van der Waals surface area (Å²) < 4.78 is 7.16. The van der Waals surface area contributed by atoms with Crippen molar-refractivity contribution in [3.05, 3.63) is 94.3 Å². The minimum atomic E-state index is -0.258. The average molecular weight is 379 g/mol. The molecule has 1 amide bonds. The molecule has 0 radical (unpaired) electrons. The third-order valence-electron chi connectivity index (χ3n) is 4.65. The van der Waals surface area contributed by atoms with Crippen LogP contribution in [0.15, 0.2) is 76.1 Å². The highest BCUT2D eigenvalue weighted by molar-refractivity contribution is 5.91. The Labute approximate surface area is 164 Å². The van der Waals surface area contributed by atoms with Gasteiger partial charge in [-0.1, -0.05) is 36.4 Å². The summed E-state index contributed by atoms with van der Waals surface area (Å²) in [4.78, 5) is 26.4. The molecule has 6 heteroatoms. The Bertz CT molecular complexity index is 960. The monoisotopic (exact) mass is 379 g/mol. The van der Waals surface area contributed by atoms with Crippen molar-refractivity contribution in [1.82, 2.24) is 14.8 Å². The summed E-state index contributed by atoms with van der Waals surface area (Å²) in [7, 11) is 4.00. The summed E-state index contributed by atoms with van der Waals surface area (Å²) >= 11 is 0. The number of hydrogen-bond donors (Lipinski definition) is 1. The van der Waals surface area contributed by atoms with Gasteiger partial charge in [0, 0.05) is 24.8 Å². The molecule has 0 saturated carbocycles. The maximum Gasteiger partial charge on any atom is 0.287 e. The molecule has 1 N–H and O–H groups in total. The lowest BCUT2D eigenvalue weighted by Gasteiger charge is -2.24.